The molecular weight excluding hydrogens is 418 g/mol. The van der Waals surface area contributed by atoms with Crippen molar-refractivity contribution < 1.29 is 19.4 Å². The number of amides is 1. The SMILES string of the molecule is COC(=O)c1cc(Br)cc2c1[N+](C(=O)O)(C(C)(C)C)C=C2C1CCSC1. The fourth-order valence-corrected chi connectivity index (χ4v) is 5.59. The van der Waals surface area contributed by atoms with Crippen molar-refractivity contribution in [3.05, 3.63) is 33.9 Å². The van der Waals surface area contributed by atoms with Gasteiger partial charge in [0.1, 0.15) is 17.3 Å². The van der Waals surface area contributed by atoms with Crippen molar-refractivity contribution in [2.24, 2.45) is 5.92 Å². The van der Waals surface area contributed by atoms with Crippen molar-refractivity contribution in [2.75, 3.05) is 18.6 Å². The number of hydrogen-bond donors (Lipinski definition) is 1. The van der Waals surface area contributed by atoms with Crippen LogP contribution in [0, 0.1) is 5.92 Å². The molecule has 2 heterocycles. The minimum absolute atomic E-state index is 0.292. The molecule has 0 spiro atoms. The van der Waals surface area contributed by atoms with Crippen molar-refractivity contribution >= 4 is 51.0 Å². The number of carboxylic acid groups (broad SMARTS) is 1. The first kappa shape index (κ1) is 19.5. The Bertz CT molecular complexity index is 808. The van der Waals surface area contributed by atoms with Crippen LogP contribution in [0.15, 0.2) is 22.8 Å². The second-order valence-electron chi connectivity index (χ2n) is 7.66. The van der Waals surface area contributed by atoms with E-state index >= 15 is 0 Å². The number of allylic oxidation sites excluding steroid dienone is 1. The van der Waals surface area contributed by atoms with Gasteiger partial charge in [-0.25, -0.2) is 4.79 Å². The summed E-state index contributed by atoms with van der Waals surface area (Å²) in [6.07, 6.45) is 1.87. The number of esters is 1. The molecule has 140 valence electrons. The minimum atomic E-state index is -0.994. The Balaban J connectivity index is 2.39. The Morgan fingerprint density at radius 3 is 2.54 bits per heavy atom. The third-order valence-corrected chi connectivity index (χ3v) is 6.83. The van der Waals surface area contributed by atoms with Gasteiger partial charge in [-0.3, -0.25) is 0 Å². The summed E-state index contributed by atoms with van der Waals surface area (Å²) >= 11 is 5.36. The van der Waals surface area contributed by atoms with Crippen LogP contribution in [0.3, 0.4) is 0 Å². The molecule has 5 nitrogen and oxygen atoms in total. The third-order valence-electron chi connectivity index (χ3n) is 5.21. The predicted octanol–water partition coefficient (Wildman–Crippen LogP) is 5.13. The Kier molecular flexibility index (Phi) is 5.01. The highest BCUT2D eigenvalue weighted by Gasteiger charge is 2.57. The number of thioether (sulfide) groups is 1. The van der Waals surface area contributed by atoms with Crippen LogP contribution in [-0.2, 0) is 4.74 Å². The lowest BCUT2D eigenvalue weighted by Crippen LogP contribution is -2.60. The molecule has 1 aromatic rings. The van der Waals surface area contributed by atoms with Gasteiger partial charge < -0.3 is 9.84 Å². The first-order valence-electron chi connectivity index (χ1n) is 8.49. The summed E-state index contributed by atoms with van der Waals surface area (Å²) in [6, 6.07) is 3.60. The zero-order chi connectivity index (χ0) is 19.3. The van der Waals surface area contributed by atoms with E-state index in [1.165, 1.54) is 7.11 Å². The van der Waals surface area contributed by atoms with Gasteiger partial charge in [-0.05, 0) is 51.0 Å². The summed E-state index contributed by atoms with van der Waals surface area (Å²) in [7, 11) is 1.32. The van der Waals surface area contributed by atoms with Gasteiger partial charge in [0, 0.05) is 21.4 Å². The number of methoxy groups -OCH3 is 1. The second-order valence-corrected chi connectivity index (χ2v) is 9.73. The Morgan fingerprint density at radius 2 is 2.04 bits per heavy atom. The lowest BCUT2D eigenvalue weighted by molar-refractivity contribution is 0.0598. The van der Waals surface area contributed by atoms with E-state index < -0.39 is 22.1 Å². The molecule has 1 saturated heterocycles. The summed E-state index contributed by atoms with van der Waals surface area (Å²) in [5.74, 6) is 1.80. The van der Waals surface area contributed by atoms with Crippen LogP contribution in [0.5, 0.6) is 0 Å². The quantitative estimate of drug-likeness (QED) is 0.510. The van der Waals surface area contributed by atoms with Gasteiger partial charge in [0.15, 0.2) is 5.69 Å². The molecule has 3 rings (SSSR count). The molecule has 1 fully saturated rings. The summed E-state index contributed by atoms with van der Waals surface area (Å²) < 4.78 is 5.31. The normalized spacial score (nSPS) is 25.0. The molecule has 26 heavy (non-hydrogen) atoms. The van der Waals surface area contributed by atoms with E-state index in [2.05, 4.69) is 15.9 Å². The number of rotatable bonds is 2. The Labute approximate surface area is 166 Å². The van der Waals surface area contributed by atoms with Gasteiger partial charge in [-0.15, -0.1) is 0 Å². The van der Waals surface area contributed by atoms with Crippen LogP contribution in [0.4, 0.5) is 10.5 Å². The number of carbonyl (C=O) groups excluding carboxylic acids is 1. The highest BCUT2D eigenvalue weighted by Crippen LogP contribution is 2.52. The summed E-state index contributed by atoms with van der Waals surface area (Å²) in [6.45, 7) is 5.66. The van der Waals surface area contributed by atoms with Crippen molar-refractivity contribution in [2.45, 2.75) is 32.7 Å². The van der Waals surface area contributed by atoms with Crippen LogP contribution in [0.1, 0.15) is 43.1 Å². The smallest absolute Gasteiger partial charge is 0.465 e. The van der Waals surface area contributed by atoms with E-state index in [0.29, 0.717) is 17.2 Å². The van der Waals surface area contributed by atoms with Gasteiger partial charge >= 0.3 is 12.1 Å². The molecule has 2 aliphatic rings. The third kappa shape index (κ3) is 2.80. The van der Waals surface area contributed by atoms with Crippen molar-refractivity contribution in [1.82, 2.24) is 4.48 Å². The molecule has 7 heteroatoms. The zero-order valence-electron chi connectivity index (χ0n) is 15.3. The fraction of sp³-hybridized carbons (Fsp3) is 0.474. The van der Waals surface area contributed by atoms with Gasteiger partial charge in [-0.1, -0.05) is 15.9 Å². The molecule has 2 atom stereocenters. The van der Waals surface area contributed by atoms with Crippen molar-refractivity contribution in [3.8, 4) is 0 Å². The van der Waals surface area contributed by atoms with E-state index in [4.69, 9.17) is 4.74 Å². The highest BCUT2D eigenvalue weighted by atomic mass is 79.9. The number of nitrogens with zero attached hydrogens (tertiary/aromatic N) is 1. The van der Waals surface area contributed by atoms with Crippen LogP contribution in [0.25, 0.3) is 5.57 Å². The highest BCUT2D eigenvalue weighted by molar-refractivity contribution is 9.10. The number of ether oxygens (including phenoxy) is 1. The van der Waals surface area contributed by atoms with Crippen LogP contribution < -0.4 is 4.48 Å². The predicted molar refractivity (Wildman–Crippen MR) is 108 cm³/mol. The second kappa shape index (κ2) is 6.69. The van der Waals surface area contributed by atoms with E-state index in [9.17, 15) is 14.7 Å². The topological polar surface area (TPSA) is 63.6 Å². The number of hydrogen-bond acceptors (Lipinski definition) is 4. The molecule has 2 unspecified atom stereocenters. The maximum atomic E-state index is 12.6. The maximum Gasteiger partial charge on any atom is 0.524 e. The summed E-state index contributed by atoms with van der Waals surface area (Å²) in [4.78, 5) is 25.1. The largest absolute Gasteiger partial charge is 0.524 e. The molecule has 1 aromatic carbocycles. The monoisotopic (exact) mass is 440 g/mol. The van der Waals surface area contributed by atoms with Gasteiger partial charge in [0.25, 0.3) is 0 Å². The lowest BCUT2D eigenvalue weighted by atomic mass is 9.92. The number of carbonyl (C=O) groups is 2. The minimum Gasteiger partial charge on any atom is -0.465 e. The van der Waals surface area contributed by atoms with Crippen molar-refractivity contribution in [1.29, 1.82) is 0 Å². The number of halogens is 1. The molecule has 1 amide bonds. The Hall–Kier alpha value is -1.31. The number of quaternary nitrogens is 1. The standard InChI is InChI=1S/C19H22BrNO4S/c1-19(2,3)21(18(23)24)9-15(11-5-6-26-10-11)13-7-12(20)8-14(16(13)21)17(22)25-4/h7-9,11H,5-6,10H2,1-4H3/p+1. The molecule has 0 aromatic heterocycles. The van der Waals surface area contributed by atoms with Gasteiger partial charge in [0.05, 0.1) is 7.11 Å². The van der Waals surface area contributed by atoms with Crippen LogP contribution >= 0.6 is 27.7 Å². The molecule has 0 saturated carbocycles. The molecule has 0 bridgehead atoms. The van der Waals surface area contributed by atoms with E-state index in [1.54, 1.807) is 6.07 Å². The van der Waals surface area contributed by atoms with E-state index in [1.807, 2.05) is 44.8 Å². The maximum absolute atomic E-state index is 12.6. The molecular formula is C19H23BrNO4S+. The molecule has 2 aliphatic heterocycles. The van der Waals surface area contributed by atoms with E-state index in [-0.39, 0.29) is 0 Å². The van der Waals surface area contributed by atoms with Crippen LogP contribution in [-0.4, -0.2) is 41.3 Å². The average molecular weight is 441 g/mol. The summed E-state index contributed by atoms with van der Waals surface area (Å²) in [5, 5.41) is 10.3. The number of fused-ring (bicyclic) bond motifs is 1. The van der Waals surface area contributed by atoms with Crippen LogP contribution in [0.2, 0.25) is 0 Å². The van der Waals surface area contributed by atoms with Gasteiger partial charge in [-0.2, -0.15) is 21.0 Å². The van der Waals surface area contributed by atoms with Crippen molar-refractivity contribution in [3.63, 3.8) is 0 Å². The molecule has 0 aliphatic carbocycles. The first-order valence-corrected chi connectivity index (χ1v) is 10.4. The lowest BCUT2D eigenvalue weighted by Gasteiger charge is -2.38. The Morgan fingerprint density at radius 1 is 1.35 bits per heavy atom. The number of benzene rings is 1. The average Bonchev–Trinajstić information content (AvgIpc) is 3.18. The molecule has 0 radical (unpaired) electrons. The molecule has 1 N–H and O–H groups in total. The van der Waals surface area contributed by atoms with Gasteiger partial charge in [0.2, 0.25) is 0 Å². The van der Waals surface area contributed by atoms with E-state index in [0.717, 1.165) is 33.5 Å². The fourth-order valence-electron chi connectivity index (χ4n) is 3.88. The first-order chi connectivity index (χ1) is 12.1. The summed E-state index contributed by atoms with van der Waals surface area (Å²) in [5.41, 5.74) is 1.99. The zero-order valence-corrected chi connectivity index (χ0v) is 17.7.